The lowest BCUT2D eigenvalue weighted by molar-refractivity contribution is -0.149. The summed E-state index contributed by atoms with van der Waals surface area (Å²) in [5, 5.41) is 9.90. The summed E-state index contributed by atoms with van der Waals surface area (Å²) >= 11 is 0. The van der Waals surface area contributed by atoms with Crippen LogP contribution in [0.15, 0.2) is 0 Å². The lowest BCUT2D eigenvalue weighted by Gasteiger charge is -2.21. The highest BCUT2D eigenvalue weighted by molar-refractivity contribution is 5.69. The van der Waals surface area contributed by atoms with Crippen molar-refractivity contribution in [3.63, 3.8) is 0 Å². The van der Waals surface area contributed by atoms with Crippen molar-refractivity contribution >= 4 is 18.2 Å². The minimum absolute atomic E-state index is 0.114. The smallest absolute Gasteiger partial charge is 0.305 e. The first-order valence-corrected chi connectivity index (χ1v) is 7.87. The highest BCUT2D eigenvalue weighted by Crippen LogP contribution is 2.37. The standard InChI is InChI=1S/C16H26O6/c1-11(18)22-15-9-14(19)13(10-17)12(15)7-5-3-4-6-8-16(20)21-2/h10,12-15,19H,3-9H2,1-2H3/t12-,13-,14-,15+/m1/s1. The van der Waals surface area contributed by atoms with Crippen LogP contribution in [-0.4, -0.2) is 42.6 Å². The number of aldehydes is 1. The molecule has 1 aliphatic carbocycles. The first-order chi connectivity index (χ1) is 10.5. The van der Waals surface area contributed by atoms with Crippen LogP contribution in [0, 0.1) is 11.8 Å². The van der Waals surface area contributed by atoms with Gasteiger partial charge in [0.1, 0.15) is 12.4 Å². The highest BCUT2D eigenvalue weighted by Gasteiger charge is 2.43. The monoisotopic (exact) mass is 314 g/mol. The zero-order valence-electron chi connectivity index (χ0n) is 13.3. The Hall–Kier alpha value is -1.43. The fraction of sp³-hybridized carbons (Fsp3) is 0.812. The Balaban J connectivity index is 2.34. The van der Waals surface area contributed by atoms with Gasteiger partial charge in [0.05, 0.1) is 13.2 Å². The molecule has 1 aliphatic rings. The van der Waals surface area contributed by atoms with Crippen LogP contribution in [0.1, 0.15) is 51.9 Å². The number of ether oxygens (including phenoxy) is 2. The third kappa shape index (κ3) is 5.75. The minimum Gasteiger partial charge on any atom is -0.469 e. The molecule has 0 spiro atoms. The zero-order chi connectivity index (χ0) is 16.5. The molecule has 0 aliphatic heterocycles. The summed E-state index contributed by atoms with van der Waals surface area (Å²) in [6, 6.07) is 0. The average Bonchev–Trinajstić information content (AvgIpc) is 2.76. The molecule has 0 aromatic heterocycles. The SMILES string of the molecule is COC(=O)CCCCCC[C@@H]1[C@@H](C=O)[C@H](O)C[C@@H]1OC(C)=O. The molecule has 0 amide bonds. The van der Waals surface area contributed by atoms with Crippen molar-refractivity contribution in [2.75, 3.05) is 7.11 Å². The number of aliphatic hydroxyl groups is 1. The van der Waals surface area contributed by atoms with E-state index in [1.807, 2.05) is 0 Å². The Morgan fingerprint density at radius 1 is 1.23 bits per heavy atom. The van der Waals surface area contributed by atoms with Crippen LogP contribution >= 0.6 is 0 Å². The summed E-state index contributed by atoms with van der Waals surface area (Å²) in [6.07, 6.45) is 4.65. The summed E-state index contributed by atoms with van der Waals surface area (Å²) in [5.41, 5.74) is 0. The molecule has 1 rings (SSSR count). The average molecular weight is 314 g/mol. The number of aliphatic hydroxyl groups excluding tert-OH is 1. The molecule has 0 bridgehead atoms. The number of carbonyl (C=O) groups excluding carboxylic acids is 3. The predicted molar refractivity (Wildman–Crippen MR) is 78.9 cm³/mol. The second-order valence-electron chi connectivity index (χ2n) is 5.86. The van der Waals surface area contributed by atoms with Gasteiger partial charge in [-0.1, -0.05) is 19.3 Å². The lowest BCUT2D eigenvalue weighted by atomic mass is 9.89. The third-order valence-electron chi connectivity index (χ3n) is 4.26. The molecular weight excluding hydrogens is 288 g/mol. The Labute approximate surface area is 131 Å². The van der Waals surface area contributed by atoms with E-state index < -0.39 is 12.0 Å². The van der Waals surface area contributed by atoms with Crippen molar-refractivity contribution < 1.29 is 29.0 Å². The summed E-state index contributed by atoms with van der Waals surface area (Å²) in [6.45, 7) is 1.34. The van der Waals surface area contributed by atoms with Crippen molar-refractivity contribution in [2.45, 2.75) is 64.1 Å². The molecule has 6 nitrogen and oxygen atoms in total. The van der Waals surface area contributed by atoms with E-state index >= 15 is 0 Å². The van der Waals surface area contributed by atoms with Crippen molar-refractivity contribution in [1.82, 2.24) is 0 Å². The van der Waals surface area contributed by atoms with Crippen LogP contribution in [0.2, 0.25) is 0 Å². The van der Waals surface area contributed by atoms with Crippen LogP contribution in [0.3, 0.4) is 0 Å². The summed E-state index contributed by atoms with van der Waals surface area (Å²) in [4.78, 5) is 33.2. The largest absolute Gasteiger partial charge is 0.469 e. The molecule has 4 atom stereocenters. The first kappa shape index (κ1) is 18.6. The molecule has 1 saturated carbocycles. The van der Waals surface area contributed by atoms with E-state index in [4.69, 9.17) is 4.74 Å². The van der Waals surface area contributed by atoms with Crippen LogP contribution in [0.4, 0.5) is 0 Å². The number of methoxy groups -OCH3 is 1. The molecule has 1 fully saturated rings. The van der Waals surface area contributed by atoms with Crippen molar-refractivity contribution in [3.05, 3.63) is 0 Å². The fourth-order valence-corrected chi connectivity index (χ4v) is 3.13. The van der Waals surface area contributed by atoms with Gasteiger partial charge in [0.25, 0.3) is 0 Å². The third-order valence-corrected chi connectivity index (χ3v) is 4.26. The van der Waals surface area contributed by atoms with E-state index in [9.17, 15) is 19.5 Å². The van der Waals surface area contributed by atoms with Gasteiger partial charge in [-0.2, -0.15) is 0 Å². The number of unbranched alkanes of at least 4 members (excludes halogenated alkanes) is 3. The van der Waals surface area contributed by atoms with Crippen LogP contribution < -0.4 is 0 Å². The Bertz CT molecular complexity index is 381. The van der Waals surface area contributed by atoms with Gasteiger partial charge in [0, 0.05) is 31.6 Å². The van der Waals surface area contributed by atoms with Crippen LogP contribution in [-0.2, 0) is 23.9 Å². The maximum Gasteiger partial charge on any atom is 0.305 e. The first-order valence-electron chi connectivity index (χ1n) is 7.87. The number of esters is 2. The molecule has 0 unspecified atom stereocenters. The van der Waals surface area contributed by atoms with Gasteiger partial charge in [-0.05, 0) is 12.8 Å². The van der Waals surface area contributed by atoms with E-state index in [1.54, 1.807) is 0 Å². The van der Waals surface area contributed by atoms with E-state index in [0.717, 1.165) is 38.4 Å². The van der Waals surface area contributed by atoms with E-state index in [0.29, 0.717) is 12.8 Å². The highest BCUT2D eigenvalue weighted by atomic mass is 16.5. The normalized spacial score (nSPS) is 27.4. The summed E-state index contributed by atoms with van der Waals surface area (Å²) < 4.78 is 9.81. The van der Waals surface area contributed by atoms with E-state index in [1.165, 1.54) is 14.0 Å². The van der Waals surface area contributed by atoms with Gasteiger partial charge in [-0.3, -0.25) is 9.59 Å². The number of hydrogen-bond acceptors (Lipinski definition) is 6. The second-order valence-corrected chi connectivity index (χ2v) is 5.86. The molecule has 0 radical (unpaired) electrons. The molecule has 0 aromatic carbocycles. The quantitative estimate of drug-likeness (QED) is 0.395. The number of rotatable bonds is 9. The fourth-order valence-electron chi connectivity index (χ4n) is 3.13. The zero-order valence-corrected chi connectivity index (χ0v) is 13.3. The van der Waals surface area contributed by atoms with Crippen LogP contribution in [0.25, 0.3) is 0 Å². The molecular formula is C16H26O6. The van der Waals surface area contributed by atoms with Crippen molar-refractivity contribution in [3.8, 4) is 0 Å². The molecule has 6 heteroatoms. The van der Waals surface area contributed by atoms with E-state index in [2.05, 4.69) is 4.74 Å². The molecule has 126 valence electrons. The van der Waals surface area contributed by atoms with Gasteiger partial charge in [0.15, 0.2) is 0 Å². The second kappa shape index (κ2) is 9.56. The lowest BCUT2D eigenvalue weighted by Crippen LogP contribution is -2.26. The van der Waals surface area contributed by atoms with Gasteiger partial charge in [-0.15, -0.1) is 0 Å². The number of carbonyl (C=O) groups is 3. The van der Waals surface area contributed by atoms with E-state index in [-0.39, 0.29) is 24.0 Å². The van der Waals surface area contributed by atoms with Crippen molar-refractivity contribution in [1.29, 1.82) is 0 Å². The Morgan fingerprint density at radius 2 is 1.91 bits per heavy atom. The Kier molecular flexibility index (Phi) is 8.09. The van der Waals surface area contributed by atoms with Crippen molar-refractivity contribution in [2.24, 2.45) is 11.8 Å². The molecule has 1 N–H and O–H groups in total. The summed E-state index contributed by atoms with van der Waals surface area (Å²) in [7, 11) is 1.38. The van der Waals surface area contributed by atoms with Crippen LogP contribution in [0.5, 0.6) is 0 Å². The Morgan fingerprint density at radius 3 is 2.50 bits per heavy atom. The predicted octanol–water partition coefficient (Wildman–Crippen LogP) is 1.63. The summed E-state index contributed by atoms with van der Waals surface area (Å²) in [5.74, 6) is -1.15. The molecule has 22 heavy (non-hydrogen) atoms. The topological polar surface area (TPSA) is 89.9 Å². The number of hydrogen-bond donors (Lipinski definition) is 1. The maximum absolute atomic E-state index is 11.2. The van der Waals surface area contributed by atoms with Gasteiger partial charge < -0.3 is 19.4 Å². The van der Waals surface area contributed by atoms with Gasteiger partial charge in [-0.25, -0.2) is 0 Å². The van der Waals surface area contributed by atoms with Gasteiger partial charge >= 0.3 is 11.9 Å². The molecule has 0 saturated heterocycles. The molecule has 0 heterocycles. The minimum atomic E-state index is -0.730. The maximum atomic E-state index is 11.2. The van der Waals surface area contributed by atoms with Gasteiger partial charge in [0.2, 0.25) is 0 Å². The molecule has 0 aromatic rings.